The van der Waals surface area contributed by atoms with Crippen LogP contribution in [0.25, 0.3) is 0 Å². The molecule has 1 aliphatic carbocycles. The Labute approximate surface area is 172 Å². The zero-order chi connectivity index (χ0) is 19.9. The van der Waals surface area contributed by atoms with Crippen molar-refractivity contribution in [2.45, 2.75) is 32.4 Å². The number of nitrogens with one attached hydrogen (secondary N) is 2. The molecule has 1 heterocycles. The number of nitrogens with zero attached hydrogens (tertiary/aromatic N) is 3. The van der Waals surface area contributed by atoms with Gasteiger partial charge >= 0.3 is 0 Å². The lowest BCUT2D eigenvalue weighted by molar-refractivity contribution is -0.122. The van der Waals surface area contributed by atoms with E-state index in [0.717, 1.165) is 56.3 Å². The predicted octanol–water partition coefficient (Wildman–Crippen LogP) is 1.71. The van der Waals surface area contributed by atoms with Gasteiger partial charge in [-0.25, -0.2) is 0 Å². The summed E-state index contributed by atoms with van der Waals surface area (Å²) in [4.78, 5) is 20.8. The van der Waals surface area contributed by atoms with Gasteiger partial charge in [0.05, 0.1) is 13.2 Å². The van der Waals surface area contributed by atoms with E-state index in [-0.39, 0.29) is 5.91 Å². The molecule has 154 valence electrons. The van der Waals surface area contributed by atoms with Gasteiger partial charge in [0.2, 0.25) is 5.91 Å². The van der Waals surface area contributed by atoms with E-state index in [1.54, 1.807) is 7.05 Å². The zero-order valence-corrected chi connectivity index (χ0v) is 17.5. The lowest BCUT2D eigenvalue weighted by Crippen LogP contribution is -2.54. The maximum Gasteiger partial charge on any atom is 0.234 e. The summed E-state index contributed by atoms with van der Waals surface area (Å²) in [7, 11) is 1.79. The third-order valence-electron chi connectivity index (χ3n) is 4.96. The van der Waals surface area contributed by atoms with Crippen molar-refractivity contribution >= 4 is 23.5 Å². The Morgan fingerprint density at radius 3 is 2.68 bits per heavy atom. The molecule has 1 aliphatic heterocycles. The van der Waals surface area contributed by atoms with Gasteiger partial charge in [0.15, 0.2) is 5.96 Å². The molecule has 1 aromatic rings. The van der Waals surface area contributed by atoms with Gasteiger partial charge in [0.1, 0.15) is 5.75 Å². The van der Waals surface area contributed by atoms with Crippen LogP contribution in [0, 0.1) is 0 Å². The van der Waals surface area contributed by atoms with E-state index in [4.69, 9.17) is 16.3 Å². The number of piperazine rings is 1. The number of amides is 1. The number of ether oxygens (including phenoxy) is 1. The number of benzene rings is 1. The van der Waals surface area contributed by atoms with Crippen molar-refractivity contribution in [1.29, 1.82) is 0 Å². The van der Waals surface area contributed by atoms with Crippen molar-refractivity contribution in [3.63, 3.8) is 0 Å². The summed E-state index contributed by atoms with van der Waals surface area (Å²) in [6.45, 7) is 7.04. The summed E-state index contributed by atoms with van der Waals surface area (Å²) in [5.41, 5.74) is 1.04. The van der Waals surface area contributed by atoms with E-state index in [2.05, 4.69) is 25.4 Å². The molecule has 1 saturated carbocycles. The monoisotopic (exact) mass is 407 g/mol. The highest BCUT2D eigenvalue weighted by Gasteiger charge is 2.26. The largest absolute Gasteiger partial charge is 0.493 e. The van der Waals surface area contributed by atoms with E-state index in [1.807, 2.05) is 25.1 Å². The summed E-state index contributed by atoms with van der Waals surface area (Å²) in [5, 5.41) is 7.14. The molecule has 0 spiro atoms. The van der Waals surface area contributed by atoms with Crippen molar-refractivity contribution in [3.8, 4) is 5.75 Å². The highest BCUT2D eigenvalue weighted by atomic mass is 35.5. The van der Waals surface area contributed by atoms with Crippen molar-refractivity contribution in [1.82, 2.24) is 20.4 Å². The molecule has 0 unspecified atom stereocenters. The highest BCUT2D eigenvalue weighted by molar-refractivity contribution is 6.30. The van der Waals surface area contributed by atoms with Crippen LogP contribution in [0.5, 0.6) is 5.75 Å². The average molecular weight is 408 g/mol. The number of guanidine groups is 1. The molecule has 0 bridgehead atoms. The second-order valence-electron chi connectivity index (χ2n) is 7.19. The molecule has 28 heavy (non-hydrogen) atoms. The van der Waals surface area contributed by atoms with Gasteiger partial charge in [-0.2, -0.15) is 0 Å². The highest BCUT2D eigenvalue weighted by Crippen LogP contribution is 2.23. The van der Waals surface area contributed by atoms with Crippen molar-refractivity contribution in [2.24, 2.45) is 4.99 Å². The smallest absolute Gasteiger partial charge is 0.234 e. The molecule has 3 rings (SSSR count). The molecule has 0 atom stereocenters. The van der Waals surface area contributed by atoms with Crippen LogP contribution in [0.4, 0.5) is 0 Å². The van der Waals surface area contributed by atoms with Gasteiger partial charge in [-0.15, -0.1) is 0 Å². The number of carbonyl (C=O) groups is 1. The van der Waals surface area contributed by atoms with E-state index in [0.29, 0.717) is 30.8 Å². The maximum atomic E-state index is 12.0. The van der Waals surface area contributed by atoms with Crippen LogP contribution in [0.2, 0.25) is 5.02 Å². The molecule has 2 fully saturated rings. The van der Waals surface area contributed by atoms with Gasteiger partial charge in [-0.05, 0) is 31.9 Å². The Hall–Kier alpha value is -1.99. The Bertz CT molecular complexity index is 700. The van der Waals surface area contributed by atoms with Crippen LogP contribution >= 0.6 is 11.6 Å². The van der Waals surface area contributed by atoms with Crippen LogP contribution < -0.4 is 15.4 Å². The van der Waals surface area contributed by atoms with Crippen LogP contribution in [0.15, 0.2) is 23.2 Å². The molecule has 2 aliphatic rings. The SMILES string of the molecule is CCOc1cc(Cl)ccc1CNC(=NC)N1CCN(CC(=O)NC2CC2)CC1. The second kappa shape index (κ2) is 9.98. The lowest BCUT2D eigenvalue weighted by Gasteiger charge is -2.36. The predicted molar refractivity (Wildman–Crippen MR) is 112 cm³/mol. The minimum absolute atomic E-state index is 0.143. The normalized spacial score (nSPS) is 18.1. The number of hydrogen-bond acceptors (Lipinski definition) is 4. The Morgan fingerprint density at radius 2 is 2.04 bits per heavy atom. The van der Waals surface area contributed by atoms with Gasteiger partial charge in [-0.1, -0.05) is 17.7 Å². The minimum atomic E-state index is 0.143. The van der Waals surface area contributed by atoms with Crippen LogP contribution in [-0.4, -0.2) is 74.1 Å². The fraction of sp³-hybridized carbons (Fsp3) is 0.600. The van der Waals surface area contributed by atoms with Gasteiger partial charge in [0, 0.05) is 56.4 Å². The quantitative estimate of drug-likeness (QED) is 0.532. The molecule has 0 radical (unpaired) electrons. The number of aliphatic imine (C=N–C) groups is 1. The standard InChI is InChI=1S/C20H30ClN5O2/c1-3-28-18-12-16(21)5-4-15(18)13-23-20(22-2)26-10-8-25(9-11-26)14-19(27)24-17-6-7-17/h4-5,12,17H,3,6-11,13-14H2,1-2H3,(H,22,23)(H,24,27). The van der Waals surface area contributed by atoms with Gasteiger partial charge in [0.25, 0.3) is 0 Å². The maximum absolute atomic E-state index is 12.0. The molecular formula is C20H30ClN5O2. The second-order valence-corrected chi connectivity index (χ2v) is 7.63. The molecule has 0 aromatic heterocycles. The number of halogens is 1. The first-order chi connectivity index (χ1) is 13.6. The van der Waals surface area contributed by atoms with E-state index >= 15 is 0 Å². The Kier molecular flexibility index (Phi) is 7.39. The molecule has 8 heteroatoms. The van der Waals surface area contributed by atoms with Crippen LogP contribution in [0.3, 0.4) is 0 Å². The van der Waals surface area contributed by atoms with Crippen molar-refractivity contribution in [2.75, 3.05) is 46.4 Å². The zero-order valence-electron chi connectivity index (χ0n) is 16.7. The third kappa shape index (κ3) is 6.01. The third-order valence-corrected chi connectivity index (χ3v) is 5.19. The summed E-state index contributed by atoms with van der Waals surface area (Å²) in [6.07, 6.45) is 2.25. The number of carbonyl (C=O) groups excluding carboxylic acids is 1. The number of rotatable bonds is 7. The summed E-state index contributed by atoms with van der Waals surface area (Å²) >= 11 is 6.08. The topological polar surface area (TPSA) is 69.2 Å². The summed E-state index contributed by atoms with van der Waals surface area (Å²) in [6, 6.07) is 6.11. The van der Waals surface area contributed by atoms with Crippen LogP contribution in [-0.2, 0) is 11.3 Å². The Balaban J connectivity index is 1.47. The summed E-state index contributed by atoms with van der Waals surface area (Å²) in [5.74, 6) is 1.80. The van der Waals surface area contributed by atoms with E-state index in [1.165, 1.54) is 0 Å². The minimum Gasteiger partial charge on any atom is -0.493 e. The average Bonchev–Trinajstić information content (AvgIpc) is 3.49. The fourth-order valence-electron chi connectivity index (χ4n) is 3.29. The van der Waals surface area contributed by atoms with Gasteiger partial charge < -0.3 is 20.3 Å². The van der Waals surface area contributed by atoms with Crippen LogP contribution in [0.1, 0.15) is 25.3 Å². The number of hydrogen-bond donors (Lipinski definition) is 2. The van der Waals surface area contributed by atoms with Crippen molar-refractivity contribution in [3.05, 3.63) is 28.8 Å². The van der Waals surface area contributed by atoms with E-state index < -0.39 is 0 Å². The summed E-state index contributed by atoms with van der Waals surface area (Å²) < 4.78 is 5.69. The molecule has 7 nitrogen and oxygen atoms in total. The first-order valence-electron chi connectivity index (χ1n) is 9.97. The lowest BCUT2D eigenvalue weighted by atomic mass is 10.2. The van der Waals surface area contributed by atoms with Crippen molar-refractivity contribution < 1.29 is 9.53 Å². The first-order valence-corrected chi connectivity index (χ1v) is 10.4. The van der Waals surface area contributed by atoms with Gasteiger partial charge in [-0.3, -0.25) is 14.7 Å². The molecule has 2 N–H and O–H groups in total. The van der Waals surface area contributed by atoms with E-state index in [9.17, 15) is 4.79 Å². The first kappa shape index (κ1) is 20.7. The molecule has 1 saturated heterocycles. The molecule has 1 amide bonds. The molecule has 1 aromatic carbocycles. The Morgan fingerprint density at radius 1 is 1.29 bits per heavy atom. The fourth-order valence-corrected chi connectivity index (χ4v) is 3.45. The molecular weight excluding hydrogens is 378 g/mol.